The first-order valence-electron chi connectivity index (χ1n) is 8.44. The maximum absolute atomic E-state index is 12.8. The predicted molar refractivity (Wildman–Crippen MR) is 80.7 cm³/mol. The van der Waals surface area contributed by atoms with Gasteiger partial charge in [0.15, 0.2) is 0 Å². The van der Waals surface area contributed by atoms with Gasteiger partial charge in [-0.1, -0.05) is 20.3 Å². The molecule has 0 radical (unpaired) electrons. The van der Waals surface area contributed by atoms with E-state index < -0.39 is 0 Å². The Morgan fingerprint density at radius 2 is 2.05 bits per heavy atom. The SMILES string of the molecule is CCC(C)C1NC(=O)CN(C2CCN3CCCC3C2)C1=O. The summed E-state index contributed by atoms with van der Waals surface area (Å²) in [6, 6.07) is 0.566. The molecule has 3 aliphatic rings. The van der Waals surface area contributed by atoms with Crippen LogP contribution in [0.4, 0.5) is 0 Å². The van der Waals surface area contributed by atoms with Gasteiger partial charge in [-0.15, -0.1) is 0 Å². The summed E-state index contributed by atoms with van der Waals surface area (Å²) >= 11 is 0. The lowest BCUT2D eigenvalue weighted by molar-refractivity contribution is -0.149. The van der Waals surface area contributed by atoms with Crippen molar-refractivity contribution in [2.75, 3.05) is 19.6 Å². The summed E-state index contributed by atoms with van der Waals surface area (Å²) < 4.78 is 0. The van der Waals surface area contributed by atoms with Crippen molar-refractivity contribution >= 4 is 11.8 Å². The van der Waals surface area contributed by atoms with Crippen molar-refractivity contribution in [2.45, 2.75) is 64.1 Å². The molecule has 4 atom stereocenters. The van der Waals surface area contributed by atoms with Gasteiger partial charge in [0.1, 0.15) is 6.04 Å². The van der Waals surface area contributed by atoms with Gasteiger partial charge in [-0.2, -0.15) is 0 Å². The van der Waals surface area contributed by atoms with Gasteiger partial charge in [-0.05, 0) is 38.1 Å². The standard InChI is InChI=1S/C16H27N3O2/c1-3-11(2)15-16(21)19(10-14(20)17-15)13-6-8-18-7-4-5-12(18)9-13/h11-13,15H,3-10H2,1-2H3,(H,17,20). The van der Waals surface area contributed by atoms with Crippen molar-refractivity contribution in [2.24, 2.45) is 5.92 Å². The second kappa shape index (κ2) is 5.95. The molecule has 3 rings (SSSR count). The van der Waals surface area contributed by atoms with Gasteiger partial charge in [0.05, 0.1) is 6.54 Å². The number of piperidine rings is 1. The minimum atomic E-state index is -0.321. The van der Waals surface area contributed by atoms with Crippen LogP contribution < -0.4 is 5.32 Å². The molecule has 3 heterocycles. The van der Waals surface area contributed by atoms with Crippen LogP contribution in [0.25, 0.3) is 0 Å². The Labute approximate surface area is 127 Å². The minimum Gasteiger partial charge on any atom is -0.342 e. The molecule has 0 aliphatic carbocycles. The number of nitrogens with one attached hydrogen (secondary N) is 1. The van der Waals surface area contributed by atoms with Gasteiger partial charge in [0, 0.05) is 18.6 Å². The molecule has 21 heavy (non-hydrogen) atoms. The molecule has 118 valence electrons. The molecule has 0 spiro atoms. The molecule has 0 bridgehead atoms. The number of piperazine rings is 1. The fourth-order valence-electron chi connectivity index (χ4n) is 4.11. The van der Waals surface area contributed by atoms with Gasteiger partial charge in [-0.25, -0.2) is 0 Å². The summed E-state index contributed by atoms with van der Waals surface area (Å²) in [5.41, 5.74) is 0. The van der Waals surface area contributed by atoms with E-state index in [-0.39, 0.29) is 36.4 Å². The van der Waals surface area contributed by atoms with Crippen molar-refractivity contribution < 1.29 is 9.59 Å². The molecule has 5 nitrogen and oxygen atoms in total. The number of carbonyl (C=O) groups excluding carboxylic acids is 2. The topological polar surface area (TPSA) is 52.7 Å². The Balaban J connectivity index is 1.71. The van der Waals surface area contributed by atoms with E-state index in [9.17, 15) is 9.59 Å². The summed E-state index contributed by atoms with van der Waals surface area (Å²) in [6.45, 7) is 6.66. The van der Waals surface area contributed by atoms with Crippen molar-refractivity contribution in [1.82, 2.24) is 15.1 Å². The molecule has 0 aromatic carbocycles. The van der Waals surface area contributed by atoms with Crippen LogP contribution in [0.1, 0.15) is 46.0 Å². The van der Waals surface area contributed by atoms with E-state index in [0.29, 0.717) is 6.04 Å². The molecule has 3 aliphatic heterocycles. The van der Waals surface area contributed by atoms with Crippen LogP contribution in [-0.2, 0) is 9.59 Å². The Hall–Kier alpha value is -1.10. The lowest BCUT2D eigenvalue weighted by atomic mass is 9.91. The number of rotatable bonds is 3. The van der Waals surface area contributed by atoms with Gasteiger partial charge in [0.2, 0.25) is 11.8 Å². The summed E-state index contributed by atoms with van der Waals surface area (Å²) in [5, 5.41) is 2.89. The summed E-state index contributed by atoms with van der Waals surface area (Å²) in [5.74, 6) is 0.352. The quantitative estimate of drug-likeness (QED) is 0.844. The molecule has 5 heteroatoms. The molecule has 3 saturated heterocycles. The zero-order valence-corrected chi connectivity index (χ0v) is 13.2. The third-order valence-electron chi connectivity index (χ3n) is 5.63. The highest BCUT2D eigenvalue weighted by atomic mass is 16.2. The second-order valence-electron chi connectivity index (χ2n) is 6.91. The molecule has 2 amide bonds. The van der Waals surface area contributed by atoms with Crippen LogP contribution in [0.5, 0.6) is 0 Å². The van der Waals surface area contributed by atoms with Gasteiger partial charge >= 0.3 is 0 Å². The van der Waals surface area contributed by atoms with Gasteiger partial charge < -0.3 is 15.1 Å². The largest absolute Gasteiger partial charge is 0.342 e. The van der Waals surface area contributed by atoms with Gasteiger partial charge in [-0.3, -0.25) is 9.59 Å². The fourth-order valence-corrected chi connectivity index (χ4v) is 4.11. The van der Waals surface area contributed by atoms with Crippen molar-refractivity contribution in [3.05, 3.63) is 0 Å². The summed E-state index contributed by atoms with van der Waals surface area (Å²) in [4.78, 5) is 29.2. The fraction of sp³-hybridized carbons (Fsp3) is 0.875. The maximum Gasteiger partial charge on any atom is 0.246 e. The van der Waals surface area contributed by atoms with E-state index in [0.717, 1.165) is 25.8 Å². The predicted octanol–water partition coefficient (Wildman–Crippen LogP) is 0.986. The smallest absolute Gasteiger partial charge is 0.246 e. The Bertz CT molecular complexity index is 426. The number of nitrogens with zero attached hydrogens (tertiary/aromatic N) is 2. The third kappa shape index (κ3) is 2.80. The molecular weight excluding hydrogens is 266 g/mol. The van der Waals surface area contributed by atoms with E-state index in [1.807, 2.05) is 11.8 Å². The highest BCUT2D eigenvalue weighted by Gasteiger charge is 2.41. The van der Waals surface area contributed by atoms with Gasteiger partial charge in [0.25, 0.3) is 0 Å². The van der Waals surface area contributed by atoms with Crippen LogP contribution in [0.2, 0.25) is 0 Å². The number of fused-ring (bicyclic) bond motifs is 1. The van der Waals surface area contributed by atoms with Crippen molar-refractivity contribution in [1.29, 1.82) is 0 Å². The lowest BCUT2D eigenvalue weighted by Crippen LogP contribution is -2.63. The highest BCUT2D eigenvalue weighted by Crippen LogP contribution is 2.30. The molecule has 0 saturated carbocycles. The Morgan fingerprint density at radius 3 is 2.81 bits per heavy atom. The van der Waals surface area contributed by atoms with E-state index in [4.69, 9.17) is 0 Å². The first kappa shape index (κ1) is 14.8. The Morgan fingerprint density at radius 1 is 1.24 bits per heavy atom. The van der Waals surface area contributed by atoms with E-state index in [1.54, 1.807) is 0 Å². The van der Waals surface area contributed by atoms with Crippen LogP contribution in [0, 0.1) is 5.92 Å². The zero-order valence-electron chi connectivity index (χ0n) is 13.2. The number of hydrogen-bond donors (Lipinski definition) is 1. The number of carbonyl (C=O) groups is 2. The first-order chi connectivity index (χ1) is 10.1. The summed E-state index contributed by atoms with van der Waals surface area (Å²) in [7, 11) is 0. The average molecular weight is 293 g/mol. The highest BCUT2D eigenvalue weighted by molar-refractivity contribution is 5.95. The van der Waals surface area contributed by atoms with E-state index in [2.05, 4.69) is 17.1 Å². The van der Waals surface area contributed by atoms with Crippen molar-refractivity contribution in [3.8, 4) is 0 Å². The lowest BCUT2D eigenvalue weighted by Gasteiger charge is -2.44. The molecular formula is C16H27N3O2. The van der Waals surface area contributed by atoms with E-state index >= 15 is 0 Å². The monoisotopic (exact) mass is 293 g/mol. The van der Waals surface area contributed by atoms with Crippen molar-refractivity contribution in [3.63, 3.8) is 0 Å². The zero-order chi connectivity index (χ0) is 15.0. The van der Waals surface area contributed by atoms with Crippen LogP contribution in [-0.4, -0.2) is 59.4 Å². The van der Waals surface area contributed by atoms with E-state index in [1.165, 1.54) is 19.4 Å². The molecule has 4 unspecified atom stereocenters. The van der Waals surface area contributed by atoms with Crippen LogP contribution in [0.15, 0.2) is 0 Å². The Kier molecular flexibility index (Phi) is 4.20. The molecule has 3 fully saturated rings. The second-order valence-corrected chi connectivity index (χ2v) is 6.91. The first-order valence-corrected chi connectivity index (χ1v) is 8.44. The number of amides is 2. The maximum atomic E-state index is 12.8. The molecule has 1 N–H and O–H groups in total. The number of hydrogen-bond acceptors (Lipinski definition) is 3. The normalized spacial score (nSPS) is 35.5. The summed E-state index contributed by atoms with van der Waals surface area (Å²) in [6.07, 6.45) is 5.50. The molecule has 0 aromatic rings. The van der Waals surface area contributed by atoms with Crippen LogP contribution in [0.3, 0.4) is 0 Å². The third-order valence-corrected chi connectivity index (χ3v) is 5.63. The molecule has 0 aromatic heterocycles. The van der Waals surface area contributed by atoms with Crippen LogP contribution >= 0.6 is 0 Å². The minimum absolute atomic E-state index is 0.00810. The average Bonchev–Trinajstić information content (AvgIpc) is 2.95.